The molecule has 132 valence electrons. The minimum atomic E-state index is -0.363. The molecule has 0 aliphatic carbocycles. The molecule has 0 saturated carbocycles. The van der Waals surface area contributed by atoms with Gasteiger partial charge in [0.2, 0.25) is 0 Å². The number of rotatable bonds is 4. The number of carbonyl (C=O) groups is 1. The van der Waals surface area contributed by atoms with Gasteiger partial charge in [-0.3, -0.25) is 9.89 Å². The fourth-order valence-electron chi connectivity index (χ4n) is 3.15. The van der Waals surface area contributed by atoms with E-state index in [0.29, 0.717) is 23.4 Å². The highest BCUT2D eigenvalue weighted by Gasteiger charge is 2.21. The molecule has 2 heterocycles. The number of aromatic amines is 1. The predicted molar refractivity (Wildman–Crippen MR) is 95.5 cm³/mol. The van der Waals surface area contributed by atoms with Gasteiger partial charge in [0.15, 0.2) is 0 Å². The average molecular weight is 351 g/mol. The van der Waals surface area contributed by atoms with E-state index in [9.17, 15) is 9.18 Å². The molecule has 0 fully saturated rings. The lowest BCUT2D eigenvalue weighted by molar-refractivity contribution is 0.0919. The van der Waals surface area contributed by atoms with Crippen LogP contribution in [0.15, 0.2) is 54.7 Å². The molecule has 0 radical (unpaired) electrons. The fourth-order valence-corrected chi connectivity index (χ4v) is 3.15. The van der Waals surface area contributed by atoms with Crippen molar-refractivity contribution in [3.05, 3.63) is 71.7 Å². The van der Waals surface area contributed by atoms with E-state index in [1.54, 1.807) is 12.1 Å². The van der Waals surface area contributed by atoms with E-state index in [1.807, 2.05) is 18.2 Å². The lowest BCUT2D eigenvalue weighted by Gasteiger charge is -2.26. The number of nitrogens with one attached hydrogen (secondary N) is 2. The molecule has 6 heteroatoms. The summed E-state index contributed by atoms with van der Waals surface area (Å²) in [7, 11) is 0. The highest BCUT2D eigenvalue weighted by Crippen LogP contribution is 2.27. The van der Waals surface area contributed by atoms with Crippen LogP contribution in [0.25, 0.3) is 11.3 Å². The smallest absolute Gasteiger partial charge is 0.255 e. The second kappa shape index (κ2) is 7.00. The number of hydrogen-bond donors (Lipinski definition) is 2. The SMILES string of the molecule is O=C(NC[C@H]1CCc2ccccc2O1)c1cn[nH]c1-c1cccc(F)c1. The molecule has 5 nitrogen and oxygen atoms in total. The number of H-pyrrole nitrogens is 1. The molecular formula is C20H18FN3O2. The summed E-state index contributed by atoms with van der Waals surface area (Å²) in [6, 6.07) is 14.0. The molecule has 0 unspecified atom stereocenters. The van der Waals surface area contributed by atoms with Gasteiger partial charge in [-0.15, -0.1) is 0 Å². The standard InChI is InChI=1S/C20H18FN3O2/c21-15-6-3-5-14(10-15)19-17(12-23-24-19)20(25)22-11-16-9-8-13-4-1-2-7-18(13)26-16/h1-7,10,12,16H,8-9,11H2,(H,22,25)(H,23,24)/t16-/m1/s1. The van der Waals surface area contributed by atoms with Crippen LogP contribution in [0.2, 0.25) is 0 Å². The molecule has 1 amide bonds. The summed E-state index contributed by atoms with van der Waals surface area (Å²) in [4.78, 5) is 12.6. The molecule has 4 rings (SSSR count). The number of para-hydroxylation sites is 1. The van der Waals surface area contributed by atoms with E-state index in [-0.39, 0.29) is 17.8 Å². The molecule has 1 aliphatic rings. The Morgan fingerprint density at radius 2 is 2.15 bits per heavy atom. The molecule has 2 N–H and O–H groups in total. The monoisotopic (exact) mass is 351 g/mol. The molecule has 0 bridgehead atoms. The minimum absolute atomic E-state index is 0.0710. The summed E-state index contributed by atoms with van der Waals surface area (Å²) in [5.74, 6) is 0.250. The van der Waals surface area contributed by atoms with Gasteiger partial charge in [-0.1, -0.05) is 30.3 Å². The van der Waals surface area contributed by atoms with E-state index in [2.05, 4.69) is 21.6 Å². The van der Waals surface area contributed by atoms with Crippen molar-refractivity contribution in [2.75, 3.05) is 6.54 Å². The first-order chi connectivity index (χ1) is 12.7. The highest BCUT2D eigenvalue weighted by atomic mass is 19.1. The maximum absolute atomic E-state index is 13.5. The maximum atomic E-state index is 13.5. The lowest BCUT2D eigenvalue weighted by atomic mass is 10.0. The minimum Gasteiger partial charge on any atom is -0.488 e. The van der Waals surface area contributed by atoms with Crippen molar-refractivity contribution in [2.45, 2.75) is 18.9 Å². The Morgan fingerprint density at radius 3 is 3.04 bits per heavy atom. The van der Waals surface area contributed by atoms with Crippen molar-refractivity contribution in [3.63, 3.8) is 0 Å². The van der Waals surface area contributed by atoms with Gasteiger partial charge < -0.3 is 10.1 Å². The number of nitrogens with zero attached hydrogens (tertiary/aromatic N) is 1. The Hall–Kier alpha value is -3.15. The largest absolute Gasteiger partial charge is 0.488 e. The van der Waals surface area contributed by atoms with Crippen LogP contribution in [0.3, 0.4) is 0 Å². The summed E-state index contributed by atoms with van der Waals surface area (Å²) >= 11 is 0. The molecule has 26 heavy (non-hydrogen) atoms. The number of benzene rings is 2. The third-order valence-corrected chi connectivity index (χ3v) is 4.49. The van der Waals surface area contributed by atoms with Crippen LogP contribution in [-0.2, 0) is 6.42 Å². The normalized spacial score (nSPS) is 15.8. The van der Waals surface area contributed by atoms with Gasteiger partial charge in [0, 0.05) is 5.56 Å². The first kappa shape index (κ1) is 16.3. The van der Waals surface area contributed by atoms with Crippen LogP contribution in [-0.4, -0.2) is 28.8 Å². The molecule has 0 spiro atoms. The zero-order chi connectivity index (χ0) is 17.9. The molecular weight excluding hydrogens is 333 g/mol. The van der Waals surface area contributed by atoms with Gasteiger partial charge in [0.25, 0.3) is 5.91 Å². The van der Waals surface area contributed by atoms with Crippen molar-refractivity contribution in [2.24, 2.45) is 0 Å². The Morgan fingerprint density at radius 1 is 1.27 bits per heavy atom. The quantitative estimate of drug-likeness (QED) is 0.758. The molecule has 1 atom stereocenters. The second-order valence-electron chi connectivity index (χ2n) is 6.27. The van der Waals surface area contributed by atoms with E-state index >= 15 is 0 Å². The Bertz CT molecular complexity index is 938. The zero-order valence-corrected chi connectivity index (χ0v) is 14.0. The number of fused-ring (bicyclic) bond motifs is 1. The van der Waals surface area contributed by atoms with E-state index in [0.717, 1.165) is 18.6 Å². The zero-order valence-electron chi connectivity index (χ0n) is 14.0. The molecule has 1 aliphatic heterocycles. The van der Waals surface area contributed by atoms with Gasteiger partial charge >= 0.3 is 0 Å². The van der Waals surface area contributed by atoms with Gasteiger partial charge in [-0.25, -0.2) is 4.39 Å². The third kappa shape index (κ3) is 3.31. The Kier molecular flexibility index (Phi) is 4.39. The fraction of sp³-hybridized carbons (Fsp3) is 0.200. The Balaban J connectivity index is 1.43. The molecule has 2 aromatic carbocycles. The van der Waals surface area contributed by atoms with Gasteiger partial charge in [-0.05, 0) is 36.6 Å². The van der Waals surface area contributed by atoms with Crippen LogP contribution >= 0.6 is 0 Å². The lowest BCUT2D eigenvalue weighted by Crippen LogP contribution is -2.37. The van der Waals surface area contributed by atoms with Crippen LogP contribution in [0, 0.1) is 5.82 Å². The average Bonchev–Trinajstić information content (AvgIpc) is 3.16. The first-order valence-corrected chi connectivity index (χ1v) is 8.53. The number of halogens is 1. The van der Waals surface area contributed by atoms with Crippen LogP contribution in [0.5, 0.6) is 5.75 Å². The van der Waals surface area contributed by atoms with Crippen LogP contribution in [0.4, 0.5) is 4.39 Å². The second-order valence-corrected chi connectivity index (χ2v) is 6.27. The summed E-state index contributed by atoms with van der Waals surface area (Å²) in [6.07, 6.45) is 3.15. The van der Waals surface area contributed by atoms with Gasteiger partial charge in [-0.2, -0.15) is 5.10 Å². The highest BCUT2D eigenvalue weighted by molar-refractivity contribution is 5.99. The molecule has 3 aromatic rings. The van der Waals surface area contributed by atoms with E-state index in [1.165, 1.54) is 23.9 Å². The number of aromatic nitrogens is 2. The summed E-state index contributed by atoms with van der Waals surface area (Å²) in [6.45, 7) is 0.404. The van der Waals surface area contributed by atoms with Crippen LogP contribution < -0.4 is 10.1 Å². The van der Waals surface area contributed by atoms with Crippen molar-refractivity contribution in [1.29, 1.82) is 0 Å². The number of carbonyl (C=O) groups excluding carboxylic acids is 1. The molecule has 1 aromatic heterocycles. The van der Waals surface area contributed by atoms with E-state index in [4.69, 9.17) is 4.74 Å². The molecule has 0 saturated heterocycles. The van der Waals surface area contributed by atoms with Crippen molar-refractivity contribution < 1.29 is 13.9 Å². The van der Waals surface area contributed by atoms with Crippen molar-refractivity contribution >= 4 is 5.91 Å². The van der Waals surface area contributed by atoms with Gasteiger partial charge in [0.1, 0.15) is 17.7 Å². The van der Waals surface area contributed by atoms with Crippen molar-refractivity contribution in [3.8, 4) is 17.0 Å². The Labute approximate surface area is 150 Å². The topological polar surface area (TPSA) is 67.0 Å². The summed E-state index contributed by atoms with van der Waals surface area (Å²) in [5.41, 5.74) is 2.65. The van der Waals surface area contributed by atoms with Crippen molar-refractivity contribution in [1.82, 2.24) is 15.5 Å². The van der Waals surface area contributed by atoms with Gasteiger partial charge in [0.05, 0.1) is 24.0 Å². The number of aryl methyl sites for hydroxylation is 1. The summed E-state index contributed by atoms with van der Waals surface area (Å²) in [5, 5.41) is 9.60. The number of hydrogen-bond acceptors (Lipinski definition) is 3. The first-order valence-electron chi connectivity index (χ1n) is 8.53. The number of ether oxygens (including phenoxy) is 1. The number of amides is 1. The third-order valence-electron chi connectivity index (χ3n) is 4.49. The maximum Gasteiger partial charge on any atom is 0.255 e. The van der Waals surface area contributed by atoms with E-state index < -0.39 is 0 Å². The van der Waals surface area contributed by atoms with Crippen LogP contribution in [0.1, 0.15) is 22.3 Å². The predicted octanol–water partition coefficient (Wildman–Crippen LogP) is 3.34. The summed E-state index contributed by atoms with van der Waals surface area (Å²) < 4.78 is 19.4.